The predicted octanol–water partition coefficient (Wildman–Crippen LogP) is 0.475. The average molecular weight is 212 g/mol. The Morgan fingerprint density at radius 3 is 2.80 bits per heavy atom. The quantitative estimate of drug-likeness (QED) is 0.756. The highest BCUT2D eigenvalue weighted by atomic mass is 16.5. The normalized spacial score (nSPS) is 12.9. The molecule has 0 aliphatic heterocycles. The fourth-order valence-electron chi connectivity index (χ4n) is 1.20. The first-order chi connectivity index (χ1) is 7.04. The summed E-state index contributed by atoms with van der Waals surface area (Å²) < 4.78 is 4.90. The highest BCUT2D eigenvalue weighted by molar-refractivity contribution is 5.89. The van der Waals surface area contributed by atoms with E-state index in [4.69, 9.17) is 10.3 Å². The van der Waals surface area contributed by atoms with E-state index in [0.29, 0.717) is 11.8 Å². The molecule has 84 valence electrons. The van der Waals surface area contributed by atoms with E-state index < -0.39 is 0 Å². The van der Waals surface area contributed by atoms with Gasteiger partial charge in [-0.2, -0.15) is 4.98 Å². The van der Waals surface area contributed by atoms with Crippen molar-refractivity contribution < 1.29 is 9.32 Å². The van der Waals surface area contributed by atoms with Gasteiger partial charge >= 0.3 is 0 Å². The van der Waals surface area contributed by atoms with E-state index in [-0.39, 0.29) is 17.8 Å². The molecule has 0 radical (unpaired) electrons. The smallest absolute Gasteiger partial charge is 0.292 e. The van der Waals surface area contributed by atoms with Gasteiger partial charge < -0.3 is 15.6 Å². The van der Waals surface area contributed by atoms with E-state index in [0.717, 1.165) is 6.42 Å². The minimum absolute atomic E-state index is 0.0201. The fraction of sp³-hybridized carbons (Fsp3) is 0.667. The molecular weight excluding hydrogens is 196 g/mol. The third-order valence-electron chi connectivity index (χ3n) is 1.91. The number of hydrogen-bond acceptors (Lipinski definition) is 5. The molecule has 6 nitrogen and oxygen atoms in total. The van der Waals surface area contributed by atoms with E-state index in [1.807, 2.05) is 0 Å². The van der Waals surface area contributed by atoms with Gasteiger partial charge in [-0.3, -0.25) is 4.79 Å². The molecule has 1 heterocycles. The molecule has 0 fully saturated rings. The van der Waals surface area contributed by atoms with Crippen LogP contribution in [0.25, 0.3) is 0 Å². The summed E-state index contributed by atoms with van der Waals surface area (Å²) in [6, 6.07) is -0.309. The number of hydrogen-bond donors (Lipinski definition) is 2. The molecule has 0 saturated heterocycles. The number of nitrogens with zero attached hydrogens (tertiary/aromatic N) is 2. The summed E-state index contributed by atoms with van der Waals surface area (Å²) in [5, 5.41) is 5.95. The van der Waals surface area contributed by atoms with E-state index in [9.17, 15) is 4.79 Å². The number of amides is 1. The van der Waals surface area contributed by atoms with Gasteiger partial charge in [0.1, 0.15) is 0 Å². The molecule has 3 N–H and O–H groups in total. The molecule has 1 atom stereocenters. The Balaban J connectivity index is 2.71. The second-order valence-corrected chi connectivity index (χ2v) is 3.77. The van der Waals surface area contributed by atoms with E-state index in [1.165, 1.54) is 7.05 Å². The van der Waals surface area contributed by atoms with E-state index in [1.54, 1.807) is 0 Å². The topological polar surface area (TPSA) is 94.0 Å². The first-order valence-corrected chi connectivity index (χ1v) is 4.85. The first kappa shape index (κ1) is 11.6. The summed E-state index contributed by atoms with van der Waals surface area (Å²) in [4.78, 5) is 15.1. The Hall–Kier alpha value is -1.43. The third-order valence-corrected chi connectivity index (χ3v) is 1.91. The summed E-state index contributed by atoms with van der Waals surface area (Å²) in [5.41, 5.74) is 5.82. The zero-order valence-electron chi connectivity index (χ0n) is 9.15. The van der Waals surface area contributed by atoms with Crippen LogP contribution in [0.3, 0.4) is 0 Å². The van der Waals surface area contributed by atoms with Gasteiger partial charge in [-0.1, -0.05) is 19.0 Å². The summed E-state index contributed by atoms with van der Waals surface area (Å²) in [6.45, 7) is 4.10. The monoisotopic (exact) mass is 212 g/mol. The van der Waals surface area contributed by atoms with Crippen LogP contribution in [0.2, 0.25) is 0 Å². The molecule has 0 spiro atoms. The van der Waals surface area contributed by atoms with Gasteiger partial charge in [0, 0.05) is 7.05 Å². The maximum Gasteiger partial charge on any atom is 0.292 e. The number of nitrogens with one attached hydrogen (secondary N) is 1. The van der Waals surface area contributed by atoms with Crippen LogP contribution < -0.4 is 11.1 Å². The van der Waals surface area contributed by atoms with Crippen LogP contribution in [0.4, 0.5) is 0 Å². The van der Waals surface area contributed by atoms with Crippen molar-refractivity contribution in [2.24, 2.45) is 11.7 Å². The van der Waals surface area contributed by atoms with Crippen LogP contribution in [0.15, 0.2) is 4.52 Å². The van der Waals surface area contributed by atoms with Crippen molar-refractivity contribution in [2.45, 2.75) is 26.3 Å². The summed E-state index contributed by atoms with van der Waals surface area (Å²) >= 11 is 0. The molecular formula is C9H16N4O2. The minimum atomic E-state index is -0.373. The van der Waals surface area contributed by atoms with Crippen LogP contribution in [-0.2, 0) is 0 Å². The molecule has 0 bridgehead atoms. The third kappa shape index (κ3) is 3.02. The molecule has 1 aromatic heterocycles. The first-order valence-electron chi connectivity index (χ1n) is 4.85. The van der Waals surface area contributed by atoms with E-state index in [2.05, 4.69) is 29.3 Å². The van der Waals surface area contributed by atoms with Crippen LogP contribution in [-0.4, -0.2) is 23.1 Å². The van der Waals surface area contributed by atoms with Gasteiger partial charge in [-0.25, -0.2) is 0 Å². The highest BCUT2D eigenvalue weighted by Gasteiger charge is 2.18. The zero-order chi connectivity index (χ0) is 11.4. The molecule has 0 saturated carbocycles. The molecule has 0 aliphatic rings. The molecule has 1 rings (SSSR count). The summed E-state index contributed by atoms with van der Waals surface area (Å²) in [7, 11) is 1.51. The van der Waals surface area contributed by atoms with Crippen LogP contribution in [0.5, 0.6) is 0 Å². The molecule has 0 aromatic carbocycles. The Morgan fingerprint density at radius 2 is 2.27 bits per heavy atom. The Kier molecular flexibility index (Phi) is 3.79. The fourth-order valence-corrected chi connectivity index (χ4v) is 1.20. The van der Waals surface area contributed by atoms with Gasteiger partial charge in [0.15, 0.2) is 0 Å². The molecule has 6 heteroatoms. The van der Waals surface area contributed by atoms with E-state index >= 15 is 0 Å². The van der Waals surface area contributed by atoms with Crippen molar-refractivity contribution in [3.8, 4) is 0 Å². The number of nitrogens with two attached hydrogens (primary N) is 1. The molecule has 1 aromatic rings. The second kappa shape index (κ2) is 4.88. The summed E-state index contributed by atoms with van der Waals surface area (Å²) in [5.74, 6) is 0.395. The van der Waals surface area contributed by atoms with Gasteiger partial charge in [0.25, 0.3) is 11.7 Å². The average Bonchev–Trinajstić information content (AvgIpc) is 2.64. The van der Waals surface area contributed by atoms with Crippen molar-refractivity contribution in [3.05, 3.63) is 11.7 Å². The van der Waals surface area contributed by atoms with Crippen LogP contribution >= 0.6 is 0 Å². The largest absolute Gasteiger partial charge is 0.352 e. The summed E-state index contributed by atoms with van der Waals surface area (Å²) in [6.07, 6.45) is 0.745. The number of carbonyl (C=O) groups is 1. The van der Waals surface area contributed by atoms with Crippen molar-refractivity contribution in [3.63, 3.8) is 0 Å². The standard InChI is InChI=1S/C9H16N4O2/c1-5(2)4-6(10)9-12-7(13-15-9)8(14)11-3/h5-6H,4,10H2,1-3H3,(H,11,14)/t6-/m1/s1. The maximum atomic E-state index is 11.1. The zero-order valence-corrected chi connectivity index (χ0v) is 9.15. The van der Waals surface area contributed by atoms with Gasteiger partial charge in [-0.15, -0.1) is 0 Å². The lowest BCUT2D eigenvalue weighted by molar-refractivity contribution is 0.0950. The van der Waals surface area contributed by atoms with Crippen LogP contribution in [0, 0.1) is 5.92 Å². The SMILES string of the molecule is CNC(=O)c1noc([C@H](N)CC(C)C)n1. The lowest BCUT2D eigenvalue weighted by Crippen LogP contribution is -2.20. The van der Waals surface area contributed by atoms with Crippen LogP contribution in [0.1, 0.15) is 42.8 Å². The van der Waals surface area contributed by atoms with Crippen molar-refractivity contribution in [1.82, 2.24) is 15.5 Å². The van der Waals surface area contributed by atoms with Crippen molar-refractivity contribution in [1.29, 1.82) is 0 Å². The molecule has 0 unspecified atom stereocenters. The lowest BCUT2D eigenvalue weighted by Gasteiger charge is -2.08. The van der Waals surface area contributed by atoms with Gasteiger partial charge in [0.05, 0.1) is 6.04 Å². The molecule has 0 aliphatic carbocycles. The number of aromatic nitrogens is 2. The lowest BCUT2D eigenvalue weighted by atomic mass is 10.0. The minimum Gasteiger partial charge on any atom is -0.352 e. The maximum absolute atomic E-state index is 11.1. The Morgan fingerprint density at radius 1 is 1.60 bits per heavy atom. The predicted molar refractivity (Wildman–Crippen MR) is 54.1 cm³/mol. The van der Waals surface area contributed by atoms with Crippen molar-refractivity contribution >= 4 is 5.91 Å². The second-order valence-electron chi connectivity index (χ2n) is 3.77. The molecule has 1 amide bonds. The van der Waals surface area contributed by atoms with Gasteiger partial charge in [0.2, 0.25) is 5.89 Å². The number of rotatable bonds is 4. The van der Waals surface area contributed by atoms with Gasteiger partial charge in [-0.05, 0) is 12.3 Å². The Labute approximate surface area is 88.2 Å². The number of carbonyl (C=O) groups excluding carboxylic acids is 1. The Bertz CT molecular complexity index is 335. The molecule has 15 heavy (non-hydrogen) atoms. The highest BCUT2D eigenvalue weighted by Crippen LogP contribution is 2.16. The van der Waals surface area contributed by atoms with Crippen molar-refractivity contribution in [2.75, 3.05) is 7.05 Å².